The molecule has 1 unspecified atom stereocenters. The van der Waals surface area contributed by atoms with E-state index < -0.39 is 6.10 Å². The number of carbonyl (C=O) groups is 1. The second-order valence-corrected chi connectivity index (χ2v) is 3.34. The monoisotopic (exact) mass is 168 g/mol. The second kappa shape index (κ2) is 4.41. The maximum absolute atomic E-state index is 11.2. The standard InChI is InChI=1S/C10H16O2/c1-2-3-4-5-8-6-9(11)7-10(8)12/h6,9,11H,2-5,7H2,1H3. The third kappa shape index (κ3) is 2.45. The van der Waals surface area contributed by atoms with Crippen LogP contribution in [0.5, 0.6) is 0 Å². The Kier molecular flexibility index (Phi) is 3.48. The average Bonchev–Trinajstić information content (AvgIpc) is 2.31. The first kappa shape index (κ1) is 9.46. The van der Waals surface area contributed by atoms with E-state index in [4.69, 9.17) is 5.11 Å². The lowest BCUT2D eigenvalue weighted by Gasteiger charge is -1.97. The summed E-state index contributed by atoms with van der Waals surface area (Å²) in [6.45, 7) is 2.14. The molecule has 0 aromatic carbocycles. The molecule has 0 bridgehead atoms. The Labute approximate surface area is 73.3 Å². The molecule has 1 N–H and O–H groups in total. The molecule has 0 heterocycles. The van der Waals surface area contributed by atoms with Crippen LogP contribution in [0.25, 0.3) is 0 Å². The van der Waals surface area contributed by atoms with E-state index in [0.29, 0.717) is 6.42 Å². The molecule has 0 saturated carbocycles. The van der Waals surface area contributed by atoms with Crippen molar-refractivity contribution in [2.24, 2.45) is 0 Å². The molecule has 0 aromatic rings. The molecule has 0 amide bonds. The van der Waals surface area contributed by atoms with Crippen LogP contribution in [0.15, 0.2) is 11.6 Å². The zero-order chi connectivity index (χ0) is 8.97. The number of rotatable bonds is 4. The first-order chi connectivity index (χ1) is 5.74. The van der Waals surface area contributed by atoms with Crippen LogP contribution in [-0.4, -0.2) is 17.0 Å². The fourth-order valence-electron chi connectivity index (χ4n) is 1.49. The van der Waals surface area contributed by atoms with E-state index >= 15 is 0 Å². The molecule has 0 fully saturated rings. The topological polar surface area (TPSA) is 37.3 Å². The van der Waals surface area contributed by atoms with Crippen LogP contribution in [0.2, 0.25) is 0 Å². The van der Waals surface area contributed by atoms with Gasteiger partial charge in [-0.1, -0.05) is 19.8 Å². The molecule has 1 aliphatic carbocycles. The summed E-state index contributed by atoms with van der Waals surface area (Å²) in [6.07, 6.45) is 5.77. The molecule has 68 valence electrons. The van der Waals surface area contributed by atoms with Crippen molar-refractivity contribution < 1.29 is 9.90 Å². The lowest BCUT2D eigenvalue weighted by Crippen LogP contribution is -2.01. The third-order valence-electron chi connectivity index (χ3n) is 2.20. The van der Waals surface area contributed by atoms with E-state index in [0.717, 1.165) is 18.4 Å². The van der Waals surface area contributed by atoms with Gasteiger partial charge in [0.1, 0.15) is 0 Å². The molecule has 2 heteroatoms. The molecular weight excluding hydrogens is 152 g/mol. The van der Waals surface area contributed by atoms with Crippen molar-refractivity contribution in [3.63, 3.8) is 0 Å². The predicted molar refractivity (Wildman–Crippen MR) is 47.9 cm³/mol. The van der Waals surface area contributed by atoms with Crippen LogP contribution in [0, 0.1) is 0 Å². The number of aliphatic hydroxyl groups is 1. The van der Waals surface area contributed by atoms with Gasteiger partial charge in [-0.25, -0.2) is 0 Å². The minimum atomic E-state index is -0.505. The highest BCUT2D eigenvalue weighted by atomic mass is 16.3. The van der Waals surface area contributed by atoms with Crippen LogP contribution in [0.3, 0.4) is 0 Å². The normalized spacial score (nSPS) is 23.0. The lowest BCUT2D eigenvalue weighted by molar-refractivity contribution is -0.115. The first-order valence-corrected chi connectivity index (χ1v) is 4.66. The van der Waals surface area contributed by atoms with E-state index in [2.05, 4.69) is 6.92 Å². The van der Waals surface area contributed by atoms with Gasteiger partial charge in [-0.05, 0) is 24.5 Å². The number of aliphatic hydroxyl groups excluding tert-OH is 1. The quantitative estimate of drug-likeness (QED) is 0.650. The summed E-state index contributed by atoms with van der Waals surface area (Å²) in [7, 11) is 0. The average molecular weight is 168 g/mol. The third-order valence-corrected chi connectivity index (χ3v) is 2.20. The lowest BCUT2D eigenvalue weighted by atomic mass is 10.1. The van der Waals surface area contributed by atoms with Gasteiger partial charge >= 0.3 is 0 Å². The predicted octanol–water partition coefficient (Wildman–Crippen LogP) is 1.83. The molecular formula is C10H16O2. The summed E-state index contributed by atoms with van der Waals surface area (Å²) in [4.78, 5) is 11.2. The number of Topliss-reactive ketones (excluding diaryl/α,β-unsaturated/α-hetero) is 1. The van der Waals surface area contributed by atoms with E-state index in [1.165, 1.54) is 12.8 Å². The smallest absolute Gasteiger partial charge is 0.161 e. The second-order valence-electron chi connectivity index (χ2n) is 3.34. The van der Waals surface area contributed by atoms with E-state index in [1.54, 1.807) is 6.08 Å². The Balaban J connectivity index is 2.31. The van der Waals surface area contributed by atoms with Crippen LogP contribution in [0.1, 0.15) is 39.0 Å². The van der Waals surface area contributed by atoms with Crippen molar-refractivity contribution in [1.82, 2.24) is 0 Å². The largest absolute Gasteiger partial charge is 0.389 e. The zero-order valence-electron chi connectivity index (χ0n) is 7.55. The van der Waals surface area contributed by atoms with Gasteiger partial charge in [0.05, 0.1) is 6.10 Å². The van der Waals surface area contributed by atoms with Gasteiger partial charge in [-0.3, -0.25) is 4.79 Å². The summed E-state index contributed by atoms with van der Waals surface area (Å²) < 4.78 is 0. The highest BCUT2D eigenvalue weighted by molar-refractivity contribution is 5.98. The molecule has 0 spiro atoms. The summed E-state index contributed by atoms with van der Waals surface area (Å²) in [5.41, 5.74) is 0.843. The van der Waals surface area contributed by atoms with Crippen LogP contribution in [0.4, 0.5) is 0 Å². The molecule has 1 atom stereocenters. The van der Waals surface area contributed by atoms with Gasteiger partial charge in [0.25, 0.3) is 0 Å². The number of hydrogen-bond acceptors (Lipinski definition) is 2. The minimum absolute atomic E-state index is 0.138. The van der Waals surface area contributed by atoms with Crippen molar-refractivity contribution >= 4 is 5.78 Å². The summed E-state index contributed by atoms with van der Waals surface area (Å²) in [5.74, 6) is 0.138. The number of hydrogen-bond donors (Lipinski definition) is 1. The summed E-state index contributed by atoms with van der Waals surface area (Å²) in [6, 6.07) is 0. The molecule has 0 aliphatic heterocycles. The summed E-state index contributed by atoms with van der Waals surface area (Å²) in [5, 5.41) is 9.13. The van der Waals surface area contributed by atoms with Gasteiger partial charge in [0.2, 0.25) is 0 Å². The Bertz CT molecular complexity index is 194. The highest BCUT2D eigenvalue weighted by Gasteiger charge is 2.20. The Morgan fingerprint density at radius 3 is 2.83 bits per heavy atom. The van der Waals surface area contributed by atoms with Gasteiger partial charge < -0.3 is 5.11 Å². The minimum Gasteiger partial charge on any atom is -0.389 e. The van der Waals surface area contributed by atoms with Crippen LogP contribution in [-0.2, 0) is 4.79 Å². The number of ketones is 1. The molecule has 1 aliphatic rings. The van der Waals surface area contributed by atoms with Gasteiger partial charge in [0.15, 0.2) is 5.78 Å². The van der Waals surface area contributed by atoms with Crippen LogP contribution >= 0.6 is 0 Å². The Hall–Kier alpha value is -0.630. The van der Waals surface area contributed by atoms with Gasteiger partial charge in [-0.15, -0.1) is 0 Å². The summed E-state index contributed by atoms with van der Waals surface area (Å²) >= 11 is 0. The van der Waals surface area contributed by atoms with Gasteiger partial charge in [0, 0.05) is 6.42 Å². The molecule has 12 heavy (non-hydrogen) atoms. The number of carbonyl (C=O) groups excluding carboxylic acids is 1. The fraction of sp³-hybridized carbons (Fsp3) is 0.700. The van der Waals surface area contributed by atoms with Crippen molar-refractivity contribution in [3.8, 4) is 0 Å². The first-order valence-electron chi connectivity index (χ1n) is 4.66. The number of allylic oxidation sites excluding steroid dienone is 1. The SMILES string of the molecule is CCCCCC1=CC(O)CC1=O. The molecule has 1 rings (SSSR count). The molecule has 0 saturated heterocycles. The van der Waals surface area contributed by atoms with Crippen molar-refractivity contribution in [3.05, 3.63) is 11.6 Å². The van der Waals surface area contributed by atoms with E-state index in [9.17, 15) is 4.79 Å². The molecule has 2 nitrogen and oxygen atoms in total. The van der Waals surface area contributed by atoms with Crippen molar-refractivity contribution in [2.45, 2.75) is 45.1 Å². The Morgan fingerprint density at radius 1 is 1.58 bits per heavy atom. The van der Waals surface area contributed by atoms with Gasteiger partial charge in [-0.2, -0.15) is 0 Å². The van der Waals surface area contributed by atoms with Crippen LogP contribution < -0.4 is 0 Å². The maximum Gasteiger partial charge on any atom is 0.161 e. The van der Waals surface area contributed by atoms with Crippen molar-refractivity contribution in [1.29, 1.82) is 0 Å². The molecule has 0 radical (unpaired) electrons. The van der Waals surface area contributed by atoms with E-state index in [1.807, 2.05) is 0 Å². The van der Waals surface area contributed by atoms with Crippen molar-refractivity contribution in [2.75, 3.05) is 0 Å². The highest BCUT2D eigenvalue weighted by Crippen LogP contribution is 2.20. The van der Waals surface area contributed by atoms with E-state index in [-0.39, 0.29) is 5.78 Å². The maximum atomic E-state index is 11.2. The molecule has 0 aromatic heterocycles. The fourth-order valence-corrected chi connectivity index (χ4v) is 1.49. The zero-order valence-corrected chi connectivity index (χ0v) is 7.55. The number of unbranched alkanes of at least 4 members (excludes halogenated alkanes) is 2. The Morgan fingerprint density at radius 2 is 2.33 bits per heavy atom.